The Balaban J connectivity index is 1.93. The zero-order valence-electron chi connectivity index (χ0n) is 13.8. The average Bonchev–Trinajstić information content (AvgIpc) is 2.60. The highest BCUT2D eigenvalue weighted by molar-refractivity contribution is 7.89. The molecule has 0 spiro atoms. The van der Waals surface area contributed by atoms with Crippen LogP contribution in [0.25, 0.3) is 0 Å². The fourth-order valence-corrected chi connectivity index (χ4v) is 3.05. The van der Waals surface area contributed by atoms with Crippen molar-refractivity contribution in [1.29, 1.82) is 0 Å². The molecule has 0 fully saturated rings. The number of hydrogen-bond donors (Lipinski definition) is 2. The number of hydrogen-bond acceptors (Lipinski definition) is 5. The molecule has 2 N–H and O–H groups in total. The van der Waals surface area contributed by atoms with Crippen LogP contribution in [-0.4, -0.2) is 43.1 Å². The number of carbonyl (C=O) groups is 2. The second-order valence-electron chi connectivity index (χ2n) is 5.31. The molecule has 25 heavy (non-hydrogen) atoms. The molecule has 8 nitrogen and oxygen atoms in total. The third kappa shape index (κ3) is 4.85. The first kappa shape index (κ1) is 18.6. The lowest BCUT2D eigenvalue weighted by atomic mass is 10.2. The van der Waals surface area contributed by atoms with E-state index in [0.29, 0.717) is 5.56 Å². The molecule has 0 unspecified atom stereocenters. The number of benzene rings is 1. The fourth-order valence-electron chi connectivity index (χ4n) is 1.92. The van der Waals surface area contributed by atoms with Crippen molar-refractivity contribution in [1.82, 2.24) is 20.1 Å². The summed E-state index contributed by atoms with van der Waals surface area (Å²) in [5, 5.41) is 0. The van der Waals surface area contributed by atoms with Gasteiger partial charge < -0.3 is 0 Å². The molecule has 0 saturated heterocycles. The molecule has 0 aliphatic heterocycles. The Labute approximate surface area is 145 Å². The van der Waals surface area contributed by atoms with E-state index in [1.165, 1.54) is 43.7 Å². The van der Waals surface area contributed by atoms with Crippen molar-refractivity contribution in [3.8, 4) is 0 Å². The molecule has 0 aliphatic carbocycles. The van der Waals surface area contributed by atoms with Crippen LogP contribution in [0, 0.1) is 6.92 Å². The Morgan fingerprint density at radius 2 is 1.64 bits per heavy atom. The summed E-state index contributed by atoms with van der Waals surface area (Å²) < 4.78 is 25.7. The van der Waals surface area contributed by atoms with Gasteiger partial charge in [0.1, 0.15) is 0 Å². The van der Waals surface area contributed by atoms with Crippen molar-refractivity contribution in [3.05, 3.63) is 59.9 Å². The molecule has 0 atom stereocenters. The normalized spacial score (nSPS) is 11.2. The van der Waals surface area contributed by atoms with Gasteiger partial charge in [0.05, 0.1) is 11.4 Å². The number of aryl methyl sites for hydroxylation is 1. The number of likely N-dealkylation sites (N-methyl/N-ethyl adjacent to an activating group) is 1. The molecule has 0 radical (unpaired) electrons. The first-order chi connectivity index (χ1) is 11.8. The largest absolute Gasteiger partial charge is 0.272 e. The van der Waals surface area contributed by atoms with Crippen molar-refractivity contribution >= 4 is 21.8 Å². The number of pyridine rings is 1. The number of nitrogens with zero attached hydrogens (tertiary/aromatic N) is 2. The van der Waals surface area contributed by atoms with Crippen LogP contribution in [0.4, 0.5) is 0 Å². The van der Waals surface area contributed by atoms with Crippen LogP contribution in [0.3, 0.4) is 0 Å². The highest BCUT2D eigenvalue weighted by atomic mass is 32.2. The maximum absolute atomic E-state index is 12.4. The van der Waals surface area contributed by atoms with E-state index in [2.05, 4.69) is 15.8 Å². The van der Waals surface area contributed by atoms with Crippen molar-refractivity contribution in [2.45, 2.75) is 11.8 Å². The maximum atomic E-state index is 12.4. The van der Waals surface area contributed by atoms with E-state index < -0.39 is 28.4 Å². The molecule has 2 aromatic rings. The molecule has 1 aromatic heterocycles. The van der Waals surface area contributed by atoms with Gasteiger partial charge in [-0.2, -0.15) is 4.31 Å². The summed E-state index contributed by atoms with van der Waals surface area (Å²) in [6, 6.07) is 9.27. The van der Waals surface area contributed by atoms with Crippen LogP contribution < -0.4 is 10.9 Å². The van der Waals surface area contributed by atoms with Crippen molar-refractivity contribution in [2.24, 2.45) is 0 Å². The van der Waals surface area contributed by atoms with Crippen LogP contribution in [-0.2, 0) is 14.8 Å². The van der Waals surface area contributed by atoms with E-state index in [1.807, 2.05) is 6.92 Å². The predicted octanol–water partition coefficient (Wildman–Crippen LogP) is 0.472. The third-order valence-corrected chi connectivity index (χ3v) is 5.17. The molecule has 0 aliphatic rings. The van der Waals surface area contributed by atoms with Crippen molar-refractivity contribution < 1.29 is 18.0 Å². The van der Waals surface area contributed by atoms with E-state index in [0.717, 1.165) is 9.87 Å². The lowest BCUT2D eigenvalue weighted by Crippen LogP contribution is -2.46. The van der Waals surface area contributed by atoms with E-state index in [-0.39, 0.29) is 4.90 Å². The van der Waals surface area contributed by atoms with E-state index in [9.17, 15) is 18.0 Å². The van der Waals surface area contributed by atoms with Crippen molar-refractivity contribution in [3.63, 3.8) is 0 Å². The second kappa shape index (κ2) is 7.86. The molecule has 0 bridgehead atoms. The summed E-state index contributed by atoms with van der Waals surface area (Å²) in [5.74, 6) is -1.19. The predicted molar refractivity (Wildman–Crippen MR) is 90.8 cm³/mol. The van der Waals surface area contributed by atoms with Gasteiger partial charge in [0.15, 0.2) is 0 Å². The number of sulfonamides is 1. The molecule has 2 amide bonds. The average molecular weight is 362 g/mol. The Morgan fingerprint density at radius 1 is 1.04 bits per heavy atom. The fraction of sp³-hybridized carbons (Fsp3) is 0.188. The number of aromatic nitrogens is 1. The van der Waals surface area contributed by atoms with Gasteiger partial charge in [-0.3, -0.25) is 25.4 Å². The molecular formula is C16H18N4O4S. The number of amides is 2. The summed E-state index contributed by atoms with van der Waals surface area (Å²) in [6.07, 6.45) is 2.89. The minimum atomic E-state index is -3.79. The SMILES string of the molecule is Cc1ccc(S(=O)(=O)N(C)CC(=O)NNC(=O)c2ccncc2)cc1. The Hall–Kier alpha value is -2.78. The number of carbonyl (C=O) groups excluding carboxylic acids is 2. The highest BCUT2D eigenvalue weighted by Gasteiger charge is 2.23. The van der Waals surface area contributed by atoms with E-state index >= 15 is 0 Å². The van der Waals surface area contributed by atoms with Gasteiger partial charge in [0.2, 0.25) is 10.0 Å². The number of nitrogens with one attached hydrogen (secondary N) is 2. The van der Waals surface area contributed by atoms with Gasteiger partial charge in [-0.15, -0.1) is 0 Å². The van der Waals surface area contributed by atoms with Gasteiger partial charge in [0.25, 0.3) is 11.8 Å². The zero-order chi connectivity index (χ0) is 18.4. The molecule has 0 saturated carbocycles. The molecular weight excluding hydrogens is 344 g/mol. The lowest BCUT2D eigenvalue weighted by molar-refractivity contribution is -0.121. The maximum Gasteiger partial charge on any atom is 0.269 e. The van der Waals surface area contributed by atoms with Crippen LogP contribution in [0.1, 0.15) is 15.9 Å². The molecule has 9 heteroatoms. The first-order valence-electron chi connectivity index (χ1n) is 7.33. The first-order valence-corrected chi connectivity index (χ1v) is 8.77. The Kier molecular flexibility index (Phi) is 5.84. The smallest absolute Gasteiger partial charge is 0.269 e. The van der Waals surface area contributed by atoms with E-state index in [4.69, 9.17) is 0 Å². The molecule has 2 rings (SSSR count). The quantitative estimate of drug-likeness (QED) is 0.752. The van der Waals surface area contributed by atoms with Crippen LogP contribution in [0.2, 0.25) is 0 Å². The standard InChI is InChI=1S/C16H18N4O4S/c1-12-3-5-14(6-4-12)25(23,24)20(2)11-15(21)18-19-16(22)13-7-9-17-10-8-13/h3-10H,11H2,1-2H3,(H,18,21)(H,19,22). The molecule has 1 aromatic carbocycles. The summed E-state index contributed by atoms with van der Waals surface area (Å²) in [5.41, 5.74) is 5.64. The van der Waals surface area contributed by atoms with Gasteiger partial charge in [-0.25, -0.2) is 8.42 Å². The van der Waals surface area contributed by atoms with Gasteiger partial charge in [-0.05, 0) is 31.2 Å². The van der Waals surface area contributed by atoms with Crippen LogP contribution in [0.5, 0.6) is 0 Å². The highest BCUT2D eigenvalue weighted by Crippen LogP contribution is 2.14. The monoisotopic (exact) mass is 362 g/mol. The molecule has 1 heterocycles. The second-order valence-corrected chi connectivity index (χ2v) is 7.36. The minimum Gasteiger partial charge on any atom is -0.272 e. The van der Waals surface area contributed by atoms with Crippen LogP contribution >= 0.6 is 0 Å². The third-order valence-electron chi connectivity index (χ3n) is 3.35. The number of rotatable bonds is 5. The van der Waals surface area contributed by atoms with Gasteiger partial charge in [0, 0.05) is 25.0 Å². The zero-order valence-corrected chi connectivity index (χ0v) is 14.6. The van der Waals surface area contributed by atoms with E-state index in [1.54, 1.807) is 12.1 Å². The Bertz CT molecular complexity index is 851. The summed E-state index contributed by atoms with van der Waals surface area (Å²) in [4.78, 5) is 27.6. The summed E-state index contributed by atoms with van der Waals surface area (Å²) in [6.45, 7) is 1.41. The molecule has 132 valence electrons. The van der Waals surface area contributed by atoms with Gasteiger partial charge >= 0.3 is 0 Å². The summed E-state index contributed by atoms with van der Waals surface area (Å²) >= 11 is 0. The van der Waals surface area contributed by atoms with Crippen LogP contribution in [0.15, 0.2) is 53.7 Å². The van der Waals surface area contributed by atoms with Gasteiger partial charge in [-0.1, -0.05) is 17.7 Å². The van der Waals surface area contributed by atoms with Crippen molar-refractivity contribution in [2.75, 3.05) is 13.6 Å². The lowest BCUT2D eigenvalue weighted by Gasteiger charge is -2.17. The minimum absolute atomic E-state index is 0.0919. The number of hydrazine groups is 1. The Morgan fingerprint density at radius 3 is 2.24 bits per heavy atom. The topological polar surface area (TPSA) is 108 Å². The summed E-state index contributed by atoms with van der Waals surface area (Å²) in [7, 11) is -2.50.